The molecule has 0 aromatic heterocycles. The molecule has 1 aromatic rings. The third-order valence-electron chi connectivity index (χ3n) is 4.34. The Morgan fingerprint density at radius 1 is 1.19 bits per heavy atom. The third kappa shape index (κ3) is 3.92. The van der Waals surface area contributed by atoms with Crippen molar-refractivity contribution in [3.8, 4) is 5.75 Å². The number of para-hydroxylation sites is 1. The van der Waals surface area contributed by atoms with Crippen LogP contribution in [0.5, 0.6) is 5.75 Å². The minimum atomic E-state index is -2.77. The highest BCUT2D eigenvalue weighted by atomic mass is 19.3. The highest BCUT2D eigenvalue weighted by Crippen LogP contribution is 2.42. The van der Waals surface area contributed by atoms with Gasteiger partial charge in [-0.05, 0) is 18.4 Å². The first-order valence-electron chi connectivity index (χ1n) is 7.72. The summed E-state index contributed by atoms with van der Waals surface area (Å²) >= 11 is 0. The number of alkyl halides is 2. The molecule has 5 heteroatoms. The molecule has 0 unspecified atom stereocenters. The first-order valence-corrected chi connectivity index (χ1v) is 7.72. The van der Waals surface area contributed by atoms with Gasteiger partial charge in [0.15, 0.2) is 0 Å². The van der Waals surface area contributed by atoms with Gasteiger partial charge in [0.05, 0.1) is 0 Å². The van der Waals surface area contributed by atoms with Gasteiger partial charge in [-0.15, -0.1) is 0 Å². The van der Waals surface area contributed by atoms with Gasteiger partial charge >= 0.3 is 6.61 Å². The zero-order valence-electron chi connectivity index (χ0n) is 12.1. The summed E-state index contributed by atoms with van der Waals surface area (Å²) in [4.78, 5) is 2.41. The smallest absolute Gasteiger partial charge is 0.387 e. The summed E-state index contributed by atoms with van der Waals surface area (Å²) in [5, 5.41) is 3.34. The zero-order chi connectivity index (χ0) is 14.7. The molecule has 2 fully saturated rings. The Kier molecular flexibility index (Phi) is 4.70. The van der Waals surface area contributed by atoms with Gasteiger partial charge in [-0.3, -0.25) is 4.90 Å². The largest absolute Gasteiger partial charge is 0.434 e. The Bertz CT molecular complexity index is 459. The van der Waals surface area contributed by atoms with Gasteiger partial charge in [0, 0.05) is 37.8 Å². The van der Waals surface area contributed by atoms with Crippen LogP contribution in [-0.2, 0) is 0 Å². The number of ether oxygens (including phenoxy) is 1. The first-order chi connectivity index (χ1) is 10.2. The maximum absolute atomic E-state index is 12.6. The van der Waals surface area contributed by atoms with E-state index in [0.29, 0.717) is 5.75 Å². The molecule has 3 rings (SSSR count). The highest BCUT2D eigenvalue weighted by molar-refractivity contribution is 5.36. The fourth-order valence-corrected chi connectivity index (χ4v) is 3.09. The molecule has 1 heterocycles. The lowest BCUT2D eigenvalue weighted by molar-refractivity contribution is -0.0513. The number of benzene rings is 1. The maximum atomic E-state index is 12.6. The highest BCUT2D eigenvalue weighted by Gasteiger charge is 2.32. The number of nitrogens with one attached hydrogen (secondary N) is 1. The van der Waals surface area contributed by atoms with E-state index in [1.165, 1.54) is 12.8 Å². The van der Waals surface area contributed by atoms with Gasteiger partial charge in [0.25, 0.3) is 0 Å². The summed E-state index contributed by atoms with van der Waals surface area (Å²) in [6.07, 6.45) is 3.57. The normalized spacial score (nSPS) is 21.5. The average molecular weight is 296 g/mol. The molecule has 1 aliphatic heterocycles. The summed E-state index contributed by atoms with van der Waals surface area (Å²) in [5.41, 5.74) is 0.909. The molecule has 0 radical (unpaired) electrons. The van der Waals surface area contributed by atoms with E-state index in [4.69, 9.17) is 4.74 Å². The molecule has 1 atom stereocenters. The van der Waals surface area contributed by atoms with Crippen molar-refractivity contribution in [3.05, 3.63) is 29.8 Å². The van der Waals surface area contributed by atoms with E-state index in [1.54, 1.807) is 12.1 Å². The minimum absolute atomic E-state index is 0.189. The second kappa shape index (κ2) is 6.71. The zero-order valence-corrected chi connectivity index (χ0v) is 12.1. The van der Waals surface area contributed by atoms with Crippen molar-refractivity contribution in [2.75, 3.05) is 26.2 Å². The van der Waals surface area contributed by atoms with Crippen LogP contribution in [0.3, 0.4) is 0 Å². The van der Waals surface area contributed by atoms with Crippen molar-refractivity contribution in [3.63, 3.8) is 0 Å². The van der Waals surface area contributed by atoms with Gasteiger partial charge in [0.1, 0.15) is 5.75 Å². The van der Waals surface area contributed by atoms with E-state index < -0.39 is 6.61 Å². The number of hydrogen-bond acceptors (Lipinski definition) is 3. The van der Waals surface area contributed by atoms with Crippen molar-refractivity contribution < 1.29 is 13.5 Å². The number of rotatable bonds is 6. The molecular weight excluding hydrogens is 274 g/mol. The molecule has 116 valence electrons. The van der Waals surface area contributed by atoms with Crippen LogP contribution >= 0.6 is 0 Å². The van der Waals surface area contributed by atoms with Gasteiger partial charge in [-0.25, -0.2) is 0 Å². The summed E-state index contributed by atoms with van der Waals surface area (Å²) in [7, 11) is 0. The predicted molar refractivity (Wildman–Crippen MR) is 77.6 cm³/mol. The van der Waals surface area contributed by atoms with Crippen LogP contribution < -0.4 is 10.1 Å². The Balaban J connectivity index is 1.83. The second-order valence-electron chi connectivity index (χ2n) is 5.90. The summed E-state index contributed by atoms with van der Waals surface area (Å²) in [6, 6.07) is 7.45. The second-order valence-corrected chi connectivity index (χ2v) is 5.90. The van der Waals surface area contributed by atoms with Crippen LogP contribution in [0.2, 0.25) is 0 Å². The molecule has 1 saturated carbocycles. The molecule has 1 aromatic carbocycles. The summed E-state index contributed by atoms with van der Waals surface area (Å²) in [5.74, 6) is 1.07. The Hall–Kier alpha value is -1.20. The van der Waals surface area contributed by atoms with Gasteiger partial charge in [-0.1, -0.05) is 31.0 Å². The number of piperazine rings is 1. The van der Waals surface area contributed by atoms with Crippen LogP contribution in [-0.4, -0.2) is 37.7 Å². The van der Waals surface area contributed by atoms with Crippen molar-refractivity contribution >= 4 is 0 Å². The molecule has 1 N–H and O–H groups in total. The maximum Gasteiger partial charge on any atom is 0.387 e. The lowest BCUT2D eigenvalue weighted by Crippen LogP contribution is -2.45. The quantitative estimate of drug-likeness (QED) is 0.873. The van der Waals surface area contributed by atoms with Gasteiger partial charge in [0.2, 0.25) is 0 Å². The summed E-state index contributed by atoms with van der Waals surface area (Å²) in [6.45, 7) is 1.06. The predicted octanol–water partition coefficient (Wildman–Crippen LogP) is 3.03. The number of halogens is 2. The van der Waals surface area contributed by atoms with E-state index in [9.17, 15) is 8.78 Å². The molecule has 2 aliphatic rings. The van der Waals surface area contributed by atoms with Crippen molar-refractivity contribution in [1.82, 2.24) is 10.2 Å². The molecule has 21 heavy (non-hydrogen) atoms. The molecule has 1 saturated heterocycles. The van der Waals surface area contributed by atoms with Crippen molar-refractivity contribution in [1.29, 1.82) is 0 Å². The SMILES string of the molecule is FC(F)Oc1ccccc1[C@H](CC1CC1)N1CCNCC1. The average Bonchev–Trinajstić information content (AvgIpc) is 3.30. The van der Waals surface area contributed by atoms with Crippen LogP contribution in [0.15, 0.2) is 24.3 Å². The van der Waals surface area contributed by atoms with Crippen LogP contribution in [0, 0.1) is 5.92 Å². The van der Waals surface area contributed by atoms with Crippen LogP contribution in [0.4, 0.5) is 8.78 Å². The number of hydrogen-bond donors (Lipinski definition) is 1. The molecule has 1 aliphatic carbocycles. The van der Waals surface area contributed by atoms with Crippen molar-refractivity contribution in [2.45, 2.75) is 31.9 Å². The number of nitrogens with zero attached hydrogens (tertiary/aromatic N) is 1. The molecule has 0 spiro atoms. The Labute approximate surface area is 124 Å². The fourth-order valence-electron chi connectivity index (χ4n) is 3.09. The van der Waals surface area contributed by atoms with E-state index in [0.717, 1.165) is 44.1 Å². The standard InChI is InChI=1S/C16H22F2N2O/c17-16(18)21-15-4-2-1-3-13(15)14(11-12-5-6-12)20-9-7-19-8-10-20/h1-4,12,14,16,19H,5-11H2/t14-/m0/s1. The topological polar surface area (TPSA) is 24.5 Å². The summed E-state index contributed by atoms with van der Waals surface area (Å²) < 4.78 is 30.0. The van der Waals surface area contributed by atoms with E-state index in [2.05, 4.69) is 10.2 Å². The molecule has 0 bridgehead atoms. The third-order valence-corrected chi connectivity index (χ3v) is 4.34. The van der Waals surface area contributed by atoms with E-state index >= 15 is 0 Å². The van der Waals surface area contributed by atoms with E-state index in [1.807, 2.05) is 12.1 Å². The Morgan fingerprint density at radius 2 is 1.90 bits per heavy atom. The van der Waals surface area contributed by atoms with Gasteiger partial charge < -0.3 is 10.1 Å². The molecule has 0 amide bonds. The first kappa shape index (κ1) is 14.7. The van der Waals surface area contributed by atoms with E-state index in [-0.39, 0.29) is 6.04 Å². The van der Waals surface area contributed by atoms with Crippen molar-refractivity contribution in [2.24, 2.45) is 5.92 Å². The van der Waals surface area contributed by atoms with Gasteiger partial charge in [-0.2, -0.15) is 8.78 Å². The lowest BCUT2D eigenvalue weighted by atomic mass is 9.97. The van der Waals surface area contributed by atoms with Crippen LogP contribution in [0.1, 0.15) is 30.9 Å². The minimum Gasteiger partial charge on any atom is -0.434 e. The fraction of sp³-hybridized carbons (Fsp3) is 0.625. The monoisotopic (exact) mass is 296 g/mol. The molecular formula is C16H22F2N2O. The Morgan fingerprint density at radius 3 is 2.57 bits per heavy atom. The lowest BCUT2D eigenvalue weighted by Gasteiger charge is -2.36. The molecule has 3 nitrogen and oxygen atoms in total. The van der Waals surface area contributed by atoms with Crippen LogP contribution in [0.25, 0.3) is 0 Å².